The van der Waals surface area contributed by atoms with Gasteiger partial charge in [0.15, 0.2) is 0 Å². The normalized spacial score (nSPS) is 9.00. The van der Waals surface area contributed by atoms with Crippen LogP contribution in [-0.4, -0.2) is 21.8 Å². The zero-order chi connectivity index (χ0) is 11.7. The average molecular weight is 227 g/mol. The van der Waals surface area contributed by atoms with E-state index in [-0.39, 0.29) is 6.42 Å². The minimum atomic E-state index is -0.844. The fourth-order valence-electron chi connectivity index (χ4n) is 0.922. The Morgan fingerprint density at radius 1 is 1.47 bits per heavy atom. The Bertz CT molecular complexity index is 285. The lowest BCUT2D eigenvalue weighted by molar-refractivity contribution is -0.136. The van der Waals surface area contributed by atoms with Gasteiger partial charge in [-0.3, -0.25) is 9.78 Å². The van der Waals surface area contributed by atoms with Crippen LogP contribution in [0.2, 0.25) is 0 Å². The van der Waals surface area contributed by atoms with E-state index in [4.69, 9.17) is 5.11 Å². The van der Waals surface area contributed by atoms with Gasteiger partial charge in [0.25, 0.3) is 0 Å². The highest BCUT2D eigenvalue weighted by Gasteiger charge is 2.01. The van der Waals surface area contributed by atoms with Gasteiger partial charge in [-0.1, -0.05) is 20.8 Å². The van der Waals surface area contributed by atoms with Crippen molar-refractivity contribution in [2.24, 2.45) is 0 Å². The van der Waals surface area contributed by atoms with Gasteiger partial charge in [0, 0.05) is 11.1 Å². The third-order valence-corrected chi connectivity index (χ3v) is 2.30. The van der Waals surface area contributed by atoms with E-state index in [9.17, 15) is 4.79 Å². The number of carbonyl (C=O) groups is 1. The fraction of sp³-hybridized carbons (Fsp3) is 0.455. The molecule has 0 spiro atoms. The van der Waals surface area contributed by atoms with Crippen molar-refractivity contribution in [2.75, 3.05) is 5.75 Å². The van der Waals surface area contributed by atoms with Crippen LogP contribution in [0.3, 0.4) is 0 Å². The summed E-state index contributed by atoms with van der Waals surface area (Å²) < 4.78 is 0. The van der Waals surface area contributed by atoms with Crippen LogP contribution >= 0.6 is 11.8 Å². The summed E-state index contributed by atoms with van der Waals surface area (Å²) in [7, 11) is 0. The monoisotopic (exact) mass is 227 g/mol. The van der Waals surface area contributed by atoms with E-state index in [0.717, 1.165) is 10.6 Å². The molecule has 1 aromatic rings. The zero-order valence-corrected chi connectivity index (χ0v) is 10.2. The van der Waals surface area contributed by atoms with Crippen molar-refractivity contribution in [2.45, 2.75) is 32.1 Å². The van der Waals surface area contributed by atoms with E-state index in [1.165, 1.54) is 0 Å². The minimum Gasteiger partial charge on any atom is -0.481 e. The van der Waals surface area contributed by atoms with E-state index < -0.39 is 5.97 Å². The molecule has 0 aliphatic heterocycles. The van der Waals surface area contributed by atoms with Gasteiger partial charge in [-0.25, -0.2) is 0 Å². The predicted molar refractivity (Wildman–Crippen MR) is 63.3 cm³/mol. The number of aliphatic carboxylic acids is 1. The first-order valence-corrected chi connectivity index (χ1v) is 6.00. The molecule has 0 aliphatic carbocycles. The smallest absolute Gasteiger partial charge is 0.309 e. The van der Waals surface area contributed by atoms with E-state index in [1.54, 1.807) is 24.0 Å². The first-order valence-electron chi connectivity index (χ1n) is 5.02. The molecule has 3 nitrogen and oxygen atoms in total. The zero-order valence-electron chi connectivity index (χ0n) is 9.36. The van der Waals surface area contributed by atoms with Crippen molar-refractivity contribution in [3.8, 4) is 0 Å². The van der Waals surface area contributed by atoms with Gasteiger partial charge < -0.3 is 5.11 Å². The average Bonchev–Trinajstić information content (AvgIpc) is 2.24. The molecule has 1 aromatic heterocycles. The molecule has 0 aliphatic rings. The van der Waals surface area contributed by atoms with Crippen LogP contribution in [-0.2, 0) is 11.2 Å². The molecular formula is C11H17NO2S. The summed E-state index contributed by atoms with van der Waals surface area (Å²) in [4.78, 5) is 15.5. The number of nitrogens with zero attached hydrogens (tertiary/aromatic N) is 1. The number of carboxylic acid groups (broad SMARTS) is 1. The van der Waals surface area contributed by atoms with Crippen LogP contribution in [0.5, 0.6) is 0 Å². The molecule has 4 heteroatoms. The lowest BCUT2D eigenvalue weighted by atomic mass is 10.3. The van der Waals surface area contributed by atoms with Crippen molar-refractivity contribution < 1.29 is 9.90 Å². The molecule has 0 saturated carbocycles. The second-order valence-electron chi connectivity index (χ2n) is 2.49. The van der Waals surface area contributed by atoms with E-state index in [1.807, 2.05) is 19.9 Å². The van der Waals surface area contributed by atoms with E-state index in [2.05, 4.69) is 11.9 Å². The molecule has 0 aromatic carbocycles. The third kappa shape index (κ3) is 6.12. The molecular weight excluding hydrogens is 210 g/mol. The van der Waals surface area contributed by atoms with Gasteiger partial charge in [0.2, 0.25) is 0 Å². The highest BCUT2D eigenvalue weighted by Crippen LogP contribution is 2.15. The number of carboxylic acids is 1. The summed E-state index contributed by atoms with van der Waals surface area (Å²) in [6, 6.07) is 3.66. The number of pyridine rings is 1. The molecule has 0 amide bonds. The number of thioether (sulfide) groups is 1. The Labute approximate surface area is 94.9 Å². The predicted octanol–water partition coefficient (Wildman–Crippen LogP) is 2.85. The summed E-state index contributed by atoms with van der Waals surface area (Å²) >= 11 is 1.69. The third-order valence-electron chi connectivity index (χ3n) is 1.44. The van der Waals surface area contributed by atoms with Crippen LogP contribution < -0.4 is 0 Å². The molecule has 0 saturated heterocycles. The second kappa shape index (κ2) is 8.29. The van der Waals surface area contributed by atoms with E-state index in [0.29, 0.717) is 5.69 Å². The molecule has 15 heavy (non-hydrogen) atoms. The second-order valence-corrected chi connectivity index (χ2v) is 3.83. The van der Waals surface area contributed by atoms with Gasteiger partial charge in [0.05, 0.1) is 12.1 Å². The maximum absolute atomic E-state index is 10.3. The van der Waals surface area contributed by atoms with Gasteiger partial charge >= 0.3 is 5.97 Å². The maximum Gasteiger partial charge on any atom is 0.309 e. The SMILES string of the molecule is CC.CCSc1ccc(CC(=O)O)nc1. The highest BCUT2D eigenvalue weighted by atomic mass is 32.2. The topological polar surface area (TPSA) is 50.2 Å². The Kier molecular flexibility index (Phi) is 7.72. The number of hydrogen-bond acceptors (Lipinski definition) is 3. The maximum atomic E-state index is 10.3. The van der Waals surface area contributed by atoms with Gasteiger partial charge in [0.1, 0.15) is 0 Å². The first kappa shape index (κ1) is 14.0. The summed E-state index contributed by atoms with van der Waals surface area (Å²) in [6.07, 6.45) is 1.71. The summed E-state index contributed by atoms with van der Waals surface area (Å²) in [5.74, 6) is 0.156. The molecule has 0 fully saturated rings. The van der Waals surface area contributed by atoms with E-state index >= 15 is 0 Å². The number of hydrogen-bond donors (Lipinski definition) is 1. The van der Waals surface area contributed by atoms with Crippen LogP contribution in [0.4, 0.5) is 0 Å². The molecule has 1 N–H and O–H groups in total. The Morgan fingerprint density at radius 2 is 2.13 bits per heavy atom. The summed E-state index contributed by atoms with van der Waals surface area (Å²) in [5.41, 5.74) is 0.605. The molecule has 0 bridgehead atoms. The quantitative estimate of drug-likeness (QED) is 0.804. The van der Waals surface area contributed by atoms with Crippen molar-refractivity contribution in [3.05, 3.63) is 24.0 Å². The van der Waals surface area contributed by atoms with Crippen LogP contribution in [0.15, 0.2) is 23.2 Å². The van der Waals surface area contributed by atoms with Gasteiger partial charge in [-0.05, 0) is 17.9 Å². The Balaban J connectivity index is 0.000000921. The van der Waals surface area contributed by atoms with Crippen molar-refractivity contribution in [1.29, 1.82) is 0 Å². The fourth-order valence-corrected chi connectivity index (χ4v) is 1.55. The van der Waals surface area contributed by atoms with Crippen LogP contribution in [0.25, 0.3) is 0 Å². The standard InChI is InChI=1S/C9H11NO2S.C2H6/c1-2-13-8-4-3-7(10-6-8)5-9(11)12;1-2/h3-4,6H,2,5H2,1H3,(H,11,12);1-2H3. The van der Waals surface area contributed by atoms with Crippen molar-refractivity contribution >= 4 is 17.7 Å². The first-order chi connectivity index (χ1) is 7.22. The van der Waals surface area contributed by atoms with Gasteiger partial charge in [-0.15, -0.1) is 11.8 Å². The molecule has 0 radical (unpaired) electrons. The molecule has 0 atom stereocenters. The summed E-state index contributed by atoms with van der Waals surface area (Å²) in [6.45, 7) is 6.07. The van der Waals surface area contributed by atoms with Gasteiger partial charge in [-0.2, -0.15) is 0 Å². The molecule has 1 heterocycles. The summed E-state index contributed by atoms with van der Waals surface area (Å²) in [5, 5.41) is 8.49. The lowest BCUT2D eigenvalue weighted by Gasteiger charge is -1.99. The number of rotatable bonds is 4. The number of aromatic nitrogens is 1. The van der Waals surface area contributed by atoms with Crippen LogP contribution in [0.1, 0.15) is 26.5 Å². The molecule has 1 rings (SSSR count). The largest absolute Gasteiger partial charge is 0.481 e. The highest BCUT2D eigenvalue weighted by molar-refractivity contribution is 7.99. The van der Waals surface area contributed by atoms with Crippen LogP contribution in [0, 0.1) is 0 Å². The van der Waals surface area contributed by atoms with Crippen molar-refractivity contribution in [3.63, 3.8) is 0 Å². The Morgan fingerprint density at radius 3 is 2.53 bits per heavy atom. The molecule has 0 unspecified atom stereocenters. The van der Waals surface area contributed by atoms with Crippen molar-refractivity contribution in [1.82, 2.24) is 4.98 Å². The lowest BCUT2D eigenvalue weighted by Crippen LogP contribution is -2.01. The Hall–Kier alpha value is -1.03. The molecule has 84 valence electrons. The minimum absolute atomic E-state index is 0.00291.